The van der Waals surface area contributed by atoms with E-state index in [-0.39, 0.29) is 16.3 Å². The molecule has 0 unspecified atom stereocenters. The second-order valence-corrected chi connectivity index (χ2v) is 9.02. The molecule has 1 aliphatic rings. The normalized spacial score (nSPS) is 13.9. The summed E-state index contributed by atoms with van der Waals surface area (Å²) in [4.78, 5) is 36.4. The molecule has 1 aromatic heterocycles. The fraction of sp³-hybridized carbons (Fsp3) is 0.200. The molecule has 0 saturated heterocycles. The van der Waals surface area contributed by atoms with Crippen molar-refractivity contribution in [3.05, 3.63) is 88.0 Å². The molecule has 3 aromatic rings. The molecule has 0 atom stereocenters. The molecule has 1 aliphatic heterocycles. The second-order valence-electron chi connectivity index (χ2n) is 8.04. The van der Waals surface area contributed by atoms with Gasteiger partial charge in [0.25, 0.3) is 11.8 Å². The average molecular weight is 463 g/mol. The molecule has 2 amide bonds. The third kappa shape index (κ3) is 4.66. The summed E-state index contributed by atoms with van der Waals surface area (Å²) in [5.74, 6) is -1.56. The number of anilines is 2. The van der Waals surface area contributed by atoms with Crippen LogP contribution in [0.2, 0.25) is 0 Å². The van der Waals surface area contributed by atoms with Gasteiger partial charge in [-0.3, -0.25) is 9.59 Å². The number of hydrogen-bond donors (Lipinski definition) is 1. The van der Waals surface area contributed by atoms with E-state index < -0.39 is 17.6 Å². The summed E-state index contributed by atoms with van der Waals surface area (Å²) >= 11 is 0.991. The van der Waals surface area contributed by atoms with Gasteiger partial charge in [-0.15, -0.1) is 0 Å². The van der Waals surface area contributed by atoms with Gasteiger partial charge in [0.15, 0.2) is 5.16 Å². The van der Waals surface area contributed by atoms with Gasteiger partial charge in [0.05, 0.1) is 5.69 Å². The summed E-state index contributed by atoms with van der Waals surface area (Å²) in [6, 6.07) is 15.1. The van der Waals surface area contributed by atoms with Crippen LogP contribution in [-0.2, 0) is 9.59 Å². The summed E-state index contributed by atoms with van der Waals surface area (Å²) in [5.41, 5.74) is 3.24. The number of thioether (sulfide) groups is 1. The van der Waals surface area contributed by atoms with Crippen molar-refractivity contribution in [3.8, 4) is 0 Å². The van der Waals surface area contributed by atoms with Gasteiger partial charge in [-0.25, -0.2) is 19.3 Å². The number of nitrogens with one attached hydrogen (secondary N) is 1. The van der Waals surface area contributed by atoms with Crippen LogP contribution in [0.3, 0.4) is 0 Å². The van der Waals surface area contributed by atoms with Crippen LogP contribution in [0, 0.1) is 19.7 Å². The fourth-order valence-corrected chi connectivity index (χ4v) is 4.47. The quantitative estimate of drug-likeness (QED) is 0.393. The molecule has 168 valence electrons. The number of para-hydroxylation sites is 1. The number of hydrogen-bond acceptors (Lipinski definition) is 6. The van der Waals surface area contributed by atoms with Crippen LogP contribution in [0.5, 0.6) is 0 Å². The smallest absolute Gasteiger partial charge is 0.283 e. The highest BCUT2D eigenvalue weighted by Crippen LogP contribution is 2.37. The van der Waals surface area contributed by atoms with E-state index in [0.717, 1.165) is 33.6 Å². The Balaban J connectivity index is 1.75. The Morgan fingerprint density at radius 3 is 2.18 bits per heavy atom. The van der Waals surface area contributed by atoms with Crippen molar-refractivity contribution in [3.63, 3.8) is 0 Å². The minimum Gasteiger partial charge on any atom is -0.350 e. The topological polar surface area (TPSA) is 75.2 Å². The Hall–Kier alpha value is -3.52. The van der Waals surface area contributed by atoms with E-state index in [1.165, 1.54) is 18.2 Å². The SMILES string of the molecule is Cc1cc(C)nc(SC2=C(Nc3ccc(C(C)C)cc3)C(=O)N(c3ccccc3F)C2=O)n1. The van der Waals surface area contributed by atoms with Gasteiger partial charge < -0.3 is 5.32 Å². The maximum atomic E-state index is 14.5. The van der Waals surface area contributed by atoms with Crippen molar-refractivity contribution in [2.45, 2.75) is 38.8 Å². The van der Waals surface area contributed by atoms with Gasteiger partial charge in [0.1, 0.15) is 16.4 Å². The molecule has 33 heavy (non-hydrogen) atoms. The third-order valence-corrected chi connectivity index (χ3v) is 6.08. The van der Waals surface area contributed by atoms with Crippen LogP contribution < -0.4 is 10.2 Å². The van der Waals surface area contributed by atoms with E-state index in [2.05, 4.69) is 29.1 Å². The van der Waals surface area contributed by atoms with E-state index in [9.17, 15) is 14.0 Å². The number of aryl methyl sites for hydroxylation is 2. The van der Waals surface area contributed by atoms with Crippen LogP contribution in [0.1, 0.15) is 36.7 Å². The van der Waals surface area contributed by atoms with E-state index in [1.54, 1.807) is 6.07 Å². The second kappa shape index (κ2) is 9.15. The van der Waals surface area contributed by atoms with Crippen LogP contribution in [0.4, 0.5) is 15.8 Å². The number of amides is 2. The molecule has 0 bridgehead atoms. The van der Waals surface area contributed by atoms with E-state index in [4.69, 9.17) is 0 Å². The van der Waals surface area contributed by atoms with Gasteiger partial charge in [0, 0.05) is 17.1 Å². The Bertz CT molecular complexity index is 1250. The zero-order chi connectivity index (χ0) is 23.7. The fourth-order valence-electron chi connectivity index (χ4n) is 3.49. The molecule has 6 nitrogen and oxygen atoms in total. The Morgan fingerprint density at radius 1 is 0.939 bits per heavy atom. The molecular formula is C25H23FN4O2S. The van der Waals surface area contributed by atoms with Gasteiger partial charge in [-0.05, 0) is 67.4 Å². The number of aromatic nitrogens is 2. The predicted molar refractivity (Wildman–Crippen MR) is 127 cm³/mol. The first-order chi connectivity index (χ1) is 15.7. The number of benzene rings is 2. The first-order valence-corrected chi connectivity index (χ1v) is 11.3. The molecule has 0 spiro atoms. The monoisotopic (exact) mass is 462 g/mol. The standard InChI is InChI=1S/C25H23FN4O2S/c1-14(2)17-9-11-18(12-10-17)29-21-22(33-25-27-15(3)13-16(4)28-25)24(32)30(23(21)31)20-8-6-5-7-19(20)26/h5-14,29H,1-4H3. The lowest BCUT2D eigenvalue weighted by atomic mass is 10.0. The summed E-state index contributed by atoms with van der Waals surface area (Å²) in [7, 11) is 0. The Morgan fingerprint density at radius 2 is 1.58 bits per heavy atom. The van der Waals surface area contributed by atoms with Crippen molar-refractivity contribution in [2.75, 3.05) is 10.2 Å². The molecule has 8 heteroatoms. The van der Waals surface area contributed by atoms with Crippen LogP contribution in [0.15, 0.2) is 70.4 Å². The van der Waals surface area contributed by atoms with Crippen molar-refractivity contribution >= 4 is 35.0 Å². The molecule has 0 aliphatic carbocycles. The average Bonchev–Trinajstić information content (AvgIpc) is 2.98. The number of carbonyl (C=O) groups is 2. The van der Waals surface area contributed by atoms with Gasteiger partial charge in [0.2, 0.25) is 0 Å². The Kier molecular flexibility index (Phi) is 6.29. The number of halogens is 1. The number of nitrogens with zero attached hydrogens (tertiary/aromatic N) is 3. The molecule has 0 fully saturated rings. The molecule has 1 N–H and O–H groups in total. The minimum atomic E-state index is -0.659. The van der Waals surface area contributed by atoms with Crippen molar-refractivity contribution in [1.82, 2.24) is 9.97 Å². The van der Waals surface area contributed by atoms with Gasteiger partial charge in [-0.1, -0.05) is 38.1 Å². The lowest BCUT2D eigenvalue weighted by molar-refractivity contribution is -0.120. The van der Waals surface area contributed by atoms with Crippen LogP contribution in [-0.4, -0.2) is 21.8 Å². The maximum Gasteiger partial charge on any atom is 0.283 e. The predicted octanol–water partition coefficient (Wildman–Crippen LogP) is 5.35. The first-order valence-electron chi connectivity index (χ1n) is 10.5. The van der Waals surface area contributed by atoms with Crippen molar-refractivity contribution in [2.24, 2.45) is 0 Å². The summed E-state index contributed by atoms with van der Waals surface area (Å²) in [5, 5.41) is 3.42. The van der Waals surface area contributed by atoms with E-state index in [1.807, 2.05) is 44.2 Å². The molecule has 4 rings (SSSR count). The molecule has 0 radical (unpaired) electrons. The van der Waals surface area contributed by atoms with E-state index >= 15 is 0 Å². The van der Waals surface area contributed by atoms with Crippen molar-refractivity contribution < 1.29 is 14.0 Å². The summed E-state index contributed by atoms with van der Waals surface area (Å²) < 4.78 is 14.5. The highest BCUT2D eigenvalue weighted by atomic mass is 32.2. The largest absolute Gasteiger partial charge is 0.350 e. The minimum absolute atomic E-state index is 0.0632. The highest BCUT2D eigenvalue weighted by Gasteiger charge is 2.41. The Labute approximate surface area is 195 Å². The summed E-state index contributed by atoms with van der Waals surface area (Å²) in [6.45, 7) is 7.84. The maximum absolute atomic E-state index is 14.5. The number of imide groups is 1. The lowest BCUT2D eigenvalue weighted by Gasteiger charge is -2.16. The zero-order valence-electron chi connectivity index (χ0n) is 18.7. The molecule has 2 heterocycles. The summed E-state index contributed by atoms with van der Waals surface area (Å²) in [6.07, 6.45) is 0. The number of carbonyl (C=O) groups excluding carboxylic acids is 2. The third-order valence-electron chi connectivity index (χ3n) is 5.14. The molecule has 0 saturated carbocycles. The molecule has 2 aromatic carbocycles. The van der Waals surface area contributed by atoms with Crippen LogP contribution >= 0.6 is 11.8 Å². The van der Waals surface area contributed by atoms with Gasteiger partial charge in [-0.2, -0.15) is 0 Å². The van der Waals surface area contributed by atoms with Gasteiger partial charge >= 0.3 is 0 Å². The highest BCUT2D eigenvalue weighted by molar-refractivity contribution is 8.04. The van der Waals surface area contributed by atoms with Crippen molar-refractivity contribution in [1.29, 1.82) is 0 Å². The molecular weight excluding hydrogens is 439 g/mol. The zero-order valence-corrected chi connectivity index (χ0v) is 19.5. The number of rotatable bonds is 6. The lowest BCUT2D eigenvalue weighted by Crippen LogP contribution is -2.33. The van der Waals surface area contributed by atoms with Crippen LogP contribution in [0.25, 0.3) is 0 Å². The van der Waals surface area contributed by atoms with E-state index in [0.29, 0.717) is 16.8 Å². The first kappa shape index (κ1) is 22.7.